The molecule has 1 heterocycles. The van der Waals surface area contributed by atoms with Crippen LogP contribution >= 0.6 is 28.1 Å². The lowest BCUT2D eigenvalue weighted by Gasteiger charge is -2.16. The van der Waals surface area contributed by atoms with E-state index < -0.39 is 24.5 Å². The van der Waals surface area contributed by atoms with Gasteiger partial charge in [0.15, 0.2) is 4.77 Å². The van der Waals surface area contributed by atoms with E-state index in [-0.39, 0.29) is 9.24 Å². The van der Waals surface area contributed by atoms with Gasteiger partial charge < -0.3 is 9.55 Å². The van der Waals surface area contributed by atoms with Crippen molar-refractivity contribution >= 4 is 39.2 Å². The molecular formula is C11H9BrF4N2S. The van der Waals surface area contributed by atoms with Crippen molar-refractivity contribution in [2.75, 3.05) is 0 Å². The molecule has 1 aromatic heterocycles. The molecule has 2 nitrogen and oxygen atoms in total. The molecule has 0 bridgehead atoms. The van der Waals surface area contributed by atoms with Gasteiger partial charge in [0.2, 0.25) is 0 Å². The molecule has 19 heavy (non-hydrogen) atoms. The van der Waals surface area contributed by atoms with Crippen LogP contribution in [-0.4, -0.2) is 15.7 Å². The van der Waals surface area contributed by atoms with E-state index in [0.717, 1.165) is 0 Å². The van der Waals surface area contributed by atoms with Crippen molar-refractivity contribution in [1.29, 1.82) is 0 Å². The summed E-state index contributed by atoms with van der Waals surface area (Å²) in [5, 5.41) is 0. The third-order valence-corrected chi connectivity index (χ3v) is 3.63. The second-order valence-electron chi connectivity index (χ2n) is 4.25. The first-order valence-corrected chi connectivity index (χ1v) is 6.55. The number of benzene rings is 1. The monoisotopic (exact) mass is 356 g/mol. The Labute approximate surface area is 119 Å². The van der Waals surface area contributed by atoms with Crippen LogP contribution in [0.2, 0.25) is 0 Å². The van der Waals surface area contributed by atoms with Gasteiger partial charge >= 0.3 is 6.18 Å². The fourth-order valence-electron chi connectivity index (χ4n) is 1.98. The molecule has 104 valence electrons. The lowest BCUT2D eigenvalue weighted by Crippen LogP contribution is -2.16. The van der Waals surface area contributed by atoms with Crippen LogP contribution in [0.25, 0.3) is 11.0 Å². The average Bonchev–Trinajstić information content (AvgIpc) is 2.52. The standard InChI is InChI=1S/C11H9BrF4N2S/c1-5(4-11(14,15)16)18-9-2-6(12)7(13)3-8(9)17-10(18)19/h2-3,5H,4H2,1H3,(H,17,19). The SMILES string of the molecule is CC(CC(F)(F)F)n1c(=S)[nH]c2cc(F)c(Br)cc21. The van der Waals surface area contributed by atoms with Crippen molar-refractivity contribution in [3.8, 4) is 0 Å². The lowest BCUT2D eigenvalue weighted by atomic mass is 10.2. The van der Waals surface area contributed by atoms with Gasteiger partial charge in [-0.1, -0.05) is 0 Å². The minimum Gasteiger partial charge on any atom is -0.330 e. The number of aromatic nitrogens is 2. The smallest absolute Gasteiger partial charge is 0.330 e. The van der Waals surface area contributed by atoms with Gasteiger partial charge in [-0.25, -0.2) is 4.39 Å². The second kappa shape index (κ2) is 4.90. The Morgan fingerprint density at radius 1 is 1.42 bits per heavy atom. The van der Waals surface area contributed by atoms with Crippen LogP contribution in [0.5, 0.6) is 0 Å². The Morgan fingerprint density at radius 2 is 2.05 bits per heavy atom. The van der Waals surface area contributed by atoms with E-state index in [1.165, 1.54) is 23.6 Å². The number of alkyl halides is 3. The molecule has 0 saturated heterocycles. The quantitative estimate of drug-likeness (QED) is 0.585. The normalized spacial score (nSPS) is 14.0. The topological polar surface area (TPSA) is 20.7 Å². The summed E-state index contributed by atoms with van der Waals surface area (Å²) in [6.45, 7) is 1.42. The molecule has 1 atom stereocenters. The van der Waals surface area contributed by atoms with Crippen LogP contribution in [0.3, 0.4) is 0 Å². The lowest BCUT2D eigenvalue weighted by molar-refractivity contribution is -0.141. The number of halogens is 5. The summed E-state index contributed by atoms with van der Waals surface area (Å²) in [5.41, 5.74) is 0.815. The average molecular weight is 357 g/mol. The van der Waals surface area contributed by atoms with Gasteiger partial charge in [0.1, 0.15) is 5.82 Å². The van der Waals surface area contributed by atoms with Crippen LogP contribution in [0.1, 0.15) is 19.4 Å². The number of rotatable bonds is 2. The largest absolute Gasteiger partial charge is 0.391 e. The molecule has 2 rings (SSSR count). The highest BCUT2D eigenvalue weighted by atomic mass is 79.9. The summed E-state index contributed by atoms with van der Waals surface area (Å²) in [6.07, 6.45) is -5.28. The highest BCUT2D eigenvalue weighted by molar-refractivity contribution is 9.10. The number of aromatic amines is 1. The molecule has 2 aromatic rings. The van der Waals surface area contributed by atoms with Crippen LogP contribution < -0.4 is 0 Å². The van der Waals surface area contributed by atoms with Crippen molar-refractivity contribution < 1.29 is 17.6 Å². The Balaban J connectivity index is 2.57. The molecule has 1 N–H and O–H groups in total. The highest BCUT2D eigenvalue weighted by Crippen LogP contribution is 2.31. The molecule has 0 amide bonds. The van der Waals surface area contributed by atoms with Gasteiger partial charge in [-0.3, -0.25) is 0 Å². The molecule has 8 heteroatoms. The zero-order valence-corrected chi connectivity index (χ0v) is 12.1. The van der Waals surface area contributed by atoms with Gasteiger partial charge in [0.25, 0.3) is 0 Å². The summed E-state index contributed by atoms with van der Waals surface area (Å²) in [5.74, 6) is -0.501. The Hall–Kier alpha value is -0.890. The van der Waals surface area contributed by atoms with Gasteiger partial charge in [0, 0.05) is 12.1 Å². The fraction of sp³-hybridized carbons (Fsp3) is 0.364. The number of hydrogen-bond acceptors (Lipinski definition) is 1. The van der Waals surface area contributed by atoms with E-state index in [0.29, 0.717) is 11.0 Å². The predicted molar refractivity (Wildman–Crippen MR) is 70.2 cm³/mol. The van der Waals surface area contributed by atoms with E-state index >= 15 is 0 Å². The van der Waals surface area contributed by atoms with Crippen LogP contribution in [0, 0.1) is 10.6 Å². The van der Waals surface area contributed by atoms with E-state index in [1.807, 2.05) is 0 Å². The number of H-pyrrole nitrogens is 1. The third kappa shape index (κ3) is 3.00. The van der Waals surface area contributed by atoms with E-state index in [9.17, 15) is 17.6 Å². The van der Waals surface area contributed by atoms with Gasteiger partial charge in [-0.05, 0) is 41.1 Å². The van der Waals surface area contributed by atoms with E-state index in [4.69, 9.17) is 12.2 Å². The fourth-order valence-corrected chi connectivity index (χ4v) is 2.70. The van der Waals surface area contributed by atoms with E-state index in [2.05, 4.69) is 20.9 Å². The zero-order valence-electron chi connectivity index (χ0n) is 9.68. The maximum atomic E-state index is 13.4. The number of imidazole rings is 1. The Kier molecular flexibility index (Phi) is 3.74. The van der Waals surface area contributed by atoms with Crippen LogP contribution in [-0.2, 0) is 0 Å². The van der Waals surface area contributed by atoms with Crippen molar-refractivity contribution in [1.82, 2.24) is 9.55 Å². The predicted octanol–water partition coefficient (Wildman–Crippen LogP) is 5.11. The second-order valence-corrected chi connectivity index (χ2v) is 5.49. The van der Waals surface area contributed by atoms with Gasteiger partial charge in [-0.15, -0.1) is 0 Å². The zero-order chi connectivity index (χ0) is 14.4. The molecule has 0 spiro atoms. The first-order chi connectivity index (χ1) is 8.69. The van der Waals surface area contributed by atoms with E-state index in [1.54, 1.807) is 0 Å². The molecule has 1 unspecified atom stereocenters. The van der Waals surface area contributed by atoms with Crippen LogP contribution in [0.15, 0.2) is 16.6 Å². The van der Waals surface area contributed by atoms with Gasteiger partial charge in [0.05, 0.1) is 21.9 Å². The minimum atomic E-state index is -4.28. The van der Waals surface area contributed by atoms with Crippen molar-refractivity contribution in [2.45, 2.75) is 25.6 Å². The molecule has 0 aliphatic carbocycles. The number of nitrogens with zero attached hydrogens (tertiary/aromatic N) is 1. The third-order valence-electron chi connectivity index (χ3n) is 2.73. The molecule has 0 aliphatic rings. The maximum Gasteiger partial charge on any atom is 0.391 e. The van der Waals surface area contributed by atoms with Crippen molar-refractivity contribution in [3.63, 3.8) is 0 Å². The maximum absolute atomic E-state index is 13.4. The molecule has 0 radical (unpaired) electrons. The number of fused-ring (bicyclic) bond motifs is 1. The summed E-state index contributed by atoms with van der Waals surface area (Å²) in [4.78, 5) is 2.71. The summed E-state index contributed by atoms with van der Waals surface area (Å²) in [7, 11) is 0. The summed E-state index contributed by atoms with van der Waals surface area (Å²) >= 11 is 8.02. The van der Waals surface area contributed by atoms with Crippen molar-refractivity contribution in [3.05, 3.63) is 27.2 Å². The number of nitrogens with one attached hydrogen (secondary N) is 1. The minimum absolute atomic E-state index is 0.143. The molecular weight excluding hydrogens is 348 g/mol. The highest BCUT2D eigenvalue weighted by Gasteiger charge is 2.31. The molecule has 1 aromatic carbocycles. The van der Waals surface area contributed by atoms with Crippen molar-refractivity contribution in [2.24, 2.45) is 0 Å². The van der Waals surface area contributed by atoms with Crippen LogP contribution in [0.4, 0.5) is 17.6 Å². The first kappa shape index (κ1) is 14.5. The number of hydrogen-bond donors (Lipinski definition) is 1. The molecule has 0 saturated carbocycles. The Bertz CT molecular complexity index is 674. The van der Waals surface area contributed by atoms with Gasteiger partial charge in [-0.2, -0.15) is 13.2 Å². The summed E-state index contributed by atoms with van der Waals surface area (Å²) in [6, 6.07) is 1.76. The molecule has 0 fully saturated rings. The molecule has 0 aliphatic heterocycles. The first-order valence-electron chi connectivity index (χ1n) is 5.35. The summed E-state index contributed by atoms with van der Waals surface area (Å²) < 4.78 is 52.4. The Morgan fingerprint density at radius 3 is 2.63 bits per heavy atom.